The van der Waals surface area contributed by atoms with Gasteiger partial charge in [-0.05, 0) is 6.42 Å². The van der Waals surface area contributed by atoms with E-state index in [0.29, 0.717) is 0 Å². The van der Waals surface area contributed by atoms with Crippen molar-refractivity contribution in [3.63, 3.8) is 0 Å². The van der Waals surface area contributed by atoms with E-state index in [1.54, 1.807) is 0 Å². The van der Waals surface area contributed by atoms with Crippen molar-refractivity contribution in [1.29, 1.82) is 0 Å². The molecule has 2 heteroatoms. The van der Waals surface area contributed by atoms with Crippen LogP contribution >= 0.6 is 0 Å². The number of hydrogen-bond acceptors (Lipinski definition) is 0. The molecule has 0 saturated carbocycles. The molecule has 0 bridgehead atoms. The van der Waals surface area contributed by atoms with E-state index in [0.717, 1.165) is 12.7 Å². The van der Waals surface area contributed by atoms with Crippen molar-refractivity contribution in [3.8, 4) is 0 Å². The monoisotopic (exact) mass is 74.1 g/mol. The second-order valence-corrected chi connectivity index (χ2v) is 1.04. The molecule has 0 heterocycles. The summed E-state index contributed by atoms with van der Waals surface area (Å²) in [6.07, 6.45) is 1.69. The van der Waals surface area contributed by atoms with Crippen LogP contribution in [0.1, 0.15) is 6.42 Å². The summed E-state index contributed by atoms with van der Waals surface area (Å²) in [5, 5.41) is 0. The summed E-state index contributed by atoms with van der Waals surface area (Å²) in [7, 11) is 1.97. The minimum Gasteiger partial charge on any atom is -0.251 e. The molecule has 0 nitrogen and oxygen atoms in total. The maximum Gasteiger partial charge on any atom is 0.101 e. The zero-order valence-corrected chi connectivity index (χ0v) is 3.50. The molecule has 0 rings (SSSR count). The van der Waals surface area contributed by atoms with Crippen LogP contribution in [0.25, 0.3) is 0 Å². The van der Waals surface area contributed by atoms with Crippen LogP contribution in [-0.2, 0) is 0 Å². The summed E-state index contributed by atoms with van der Waals surface area (Å²) in [5.74, 6) is 0. The Morgan fingerprint density at radius 3 is 2.20 bits per heavy atom. The SMILES string of the molecule is BCCCF. The standard InChI is InChI=1S/C3H8BF/c4-2-1-3-5/h1-4H2. The Bertz CT molecular complexity index is 14.4. The largest absolute Gasteiger partial charge is 0.251 e. The highest BCUT2D eigenvalue weighted by Crippen LogP contribution is 1.81. The second kappa shape index (κ2) is 3.99. The Kier molecular flexibility index (Phi) is 3.99. The first kappa shape index (κ1) is 4.99. The van der Waals surface area contributed by atoms with E-state index in [-0.39, 0.29) is 6.67 Å². The Hall–Kier alpha value is -0.00506. The van der Waals surface area contributed by atoms with Gasteiger partial charge >= 0.3 is 0 Å². The molecular formula is C3H8BF. The normalized spacial score (nSPS) is 8.20. The molecule has 0 aliphatic carbocycles. The molecule has 0 unspecified atom stereocenters. The van der Waals surface area contributed by atoms with Crippen molar-refractivity contribution < 1.29 is 4.39 Å². The van der Waals surface area contributed by atoms with Gasteiger partial charge in [-0.3, -0.25) is 4.39 Å². The number of rotatable bonds is 2. The van der Waals surface area contributed by atoms with Gasteiger partial charge in [0.25, 0.3) is 0 Å². The maximum atomic E-state index is 11.0. The Balaban J connectivity index is 2.19. The van der Waals surface area contributed by atoms with Crippen molar-refractivity contribution in [2.75, 3.05) is 6.67 Å². The number of hydrogen-bond donors (Lipinski definition) is 0. The molecule has 0 aliphatic rings. The average Bonchev–Trinajstić information content (AvgIpc) is 1.41. The van der Waals surface area contributed by atoms with Gasteiger partial charge < -0.3 is 0 Å². The van der Waals surface area contributed by atoms with Crippen LogP contribution < -0.4 is 0 Å². The van der Waals surface area contributed by atoms with E-state index in [1.165, 1.54) is 0 Å². The lowest BCUT2D eigenvalue weighted by Gasteiger charge is -1.76. The molecule has 0 fully saturated rings. The van der Waals surface area contributed by atoms with E-state index in [1.807, 2.05) is 7.85 Å². The molecule has 0 amide bonds. The Morgan fingerprint density at radius 1 is 1.60 bits per heavy atom. The lowest BCUT2D eigenvalue weighted by Crippen LogP contribution is -1.70. The fourth-order valence-electron chi connectivity index (χ4n) is 0.134. The third kappa shape index (κ3) is 3.99. The summed E-state index contributed by atoms with van der Waals surface area (Å²) in [5.41, 5.74) is 0. The predicted molar refractivity (Wildman–Crippen MR) is 23.9 cm³/mol. The summed E-state index contributed by atoms with van der Waals surface area (Å²) in [4.78, 5) is 0. The van der Waals surface area contributed by atoms with Gasteiger partial charge in [0.05, 0.1) is 6.67 Å². The number of alkyl halides is 1. The van der Waals surface area contributed by atoms with Crippen molar-refractivity contribution in [2.24, 2.45) is 0 Å². The van der Waals surface area contributed by atoms with Gasteiger partial charge in [0.15, 0.2) is 0 Å². The van der Waals surface area contributed by atoms with Crippen molar-refractivity contribution in [2.45, 2.75) is 12.7 Å². The van der Waals surface area contributed by atoms with E-state index in [4.69, 9.17) is 0 Å². The molecule has 0 N–H and O–H groups in total. The highest BCUT2D eigenvalue weighted by atomic mass is 19.1. The number of halogens is 1. The fraction of sp³-hybridized carbons (Fsp3) is 1.00. The van der Waals surface area contributed by atoms with Gasteiger partial charge in [-0.2, -0.15) is 0 Å². The summed E-state index contributed by atoms with van der Waals surface area (Å²) in [6.45, 7) is -0.156. The molecule has 0 aliphatic heterocycles. The van der Waals surface area contributed by atoms with E-state index in [2.05, 4.69) is 0 Å². The quantitative estimate of drug-likeness (QED) is 0.416. The van der Waals surface area contributed by atoms with E-state index < -0.39 is 0 Å². The summed E-state index contributed by atoms with van der Waals surface area (Å²) >= 11 is 0. The molecule has 0 radical (unpaired) electrons. The van der Waals surface area contributed by atoms with Gasteiger partial charge in [0, 0.05) is 0 Å². The Labute approximate surface area is 32.8 Å². The van der Waals surface area contributed by atoms with Crippen LogP contribution in [0.5, 0.6) is 0 Å². The minimum absolute atomic E-state index is 0.156. The average molecular weight is 73.9 g/mol. The lowest BCUT2D eigenvalue weighted by molar-refractivity contribution is 0.487. The smallest absolute Gasteiger partial charge is 0.101 e. The predicted octanol–water partition coefficient (Wildman–Crippen LogP) is 0.397. The minimum atomic E-state index is -0.156. The van der Waals surface area contributed by atoms with E-state index in [9.17, 15) is 4.39 Å². The van der Waals surface area contributed by atoms with E-state index >= 15 is 0 Å². The van der Waals surface area contributed by atoms with Gasteiger partial charge in [0.2, 0.25) is 0 Å². The molecule has 0 aromatic heterocycles. The molecular weight excluding hydrogens is 65.8 g/mol. The van der Waals surface area contributed by atoms with Crippen molar-refractivity contribution in [1.82, 2.24) is 0 Å². The Morgan fingerprint density at radius 2 is 2.20 bits per heavy atom. The highest BCUT2D eigenvalue weighted by molar-refractivity contribution is 6.08. The van der Waals surface area contributed by atoms with Gasteiger partial charge in [-0.1, -0.05) is 6.32 Å². The van der Waals surface area contributed by atoms with Crippen LogP contribution in [0.4, 0.5) is 4.39 Å². The highest BCUT2D eigenvalue weighted by Gasteiger charge is 1.72. The van der Waals surface area contributed by atoms with Gasteiger partial charge in [-0.25, -0.2) is 0 Å². The maximum absolute atomic E-state index is 11.0. The molecule has 0 atom stereocenters. The molecule has 0 saturated heterocycles. The zero-order valence-electron chi connectivity index (χ0n) is 3.50. The molecule has 0 spiro atoms. The molecule has 5 heavy (non-hydrogen) atoms. The molecule has 0 aromatic carbocycles. The van der Waals surface area contributed by atoms with Gasteiger partial charge in [0.1, 0.15) is 7.85 Å². The van der Waals surface area contributed by atoms with Crippen molar-refractivity contribution >= 4 is 7.85 Å². The van der Waals surface area contributed by atoms with Crippen molar-refractivity contribution in [3.05, 3.63) is 0 Å². The third-order valence-corrected chi connectivity index (χ3v) is 0.487. The van der Waals surface area contributed by atoms with Crippen LogP contribution in [-0.4, -0.2) is 14.5 Å². The van der Waals surface area contributed by atoms with Crippen LogP contribution in [0.3, 0.4) is 0 Å². The van der Waals surface area contributed by atoms with Gasteiger partial charge in [-0.15, -0.1) is 0 Å². The van der Waals surface area contributed by atoms with Crippen LogP contribution in [0.2, 0.25) is 6.32 Å². The molecule has 30 valence electrons. The first-order valence-electron chi connectivity index (χ1n) is 1.97. The van der Waals surface area contributed by atoms with Crippen LogP contribution in [0, 0.1) is 0 Å². The first-order valence-corrected chi connectivity index (χ1v) is 1.97. The lowest BCUT2D eigenvalue weighted by atomic mass is 10.0. The first-order chi connectivity index (χ1) is 2.41. The third-order valence-electron chi connectivity index (χ3n) is 0.487. The summed E-state index contributed by atoms with van der Waals surface area (Å²) in [6, 6.07) is 0. The molecule has 0 aromatic rings. The summed E-state index contributed by atoms with van der Waals surface area (Å²) < 4.78 is 11.0. The topological polar surface area (TPSA) is 0 Å². The van der Waals surface area contributed by atoms with Crippen LogP contribution in [0.15, 0.2) is 0 Å². The fourth-order valence-corrected chi connectivity index (χ4v) is 0.134. The zero-order chi connectivity index (χ0) is 4.12. The second-order valence-electron chi connectivity index (χ2n) is 1.04.